The summed E-state index contributed by atoms with van der Waals surface area (Å²) in [4.78, 5) is 13.2. The van der Waals surface area contributed by atoms with E-state index in [1.54, 1.807) is 26.8 Å². The van der Waals surface area contributed by atoms with Crippen LogP contribution in [-0.4, -0.2) is 18.1 Å². The van der Waals surface area contributed by atoms with Crippen LogP contribution in [0, 0.1) is 5.41 Å². The van der Waals surface area contributed by atoms with E-state index in [0.29, 0.717) is 11.1 Å². The number of carbonyl (C=O) groups excluding carboxylic acids is 1. The highest BCUT2D eigenvalue weighted by Crippen LogP contribution is 2.54. The van der Waals surface area contributed by atoms with E-state index < -0.39 is 34.9 Å². The molecule has 0 amide bonds. The number of ketones is 1. The van der Waals surface area contributed by atoms with Crippen LogP contribution in [-0.2, 0) is 16.4 Å². The fraction of sp³-hybridized carbons (Fsp3) is 0.476. The van der Waals surface area contributed by atoms with Crippen molar-refractivity contribution in [2.75, 3.05) is 0 Å². The third-order valence-electron chi connectivity index (χ3n) is 6.20. The van der Waals surface area contributed by atoms with Gasteiger partial charge in [0.2, 0.25) is 0 Å². The predicted octanol–water partition coefficient (Wildman–Crippen LogP) is 5.22. The Labute approximate surface area is 165 Å². The summed E-state index contributed by atoms with van der Waals surface area (Å²) in [5.74, 6) is -0.267. The minimum atomic E-state index is -4.53. The van der Waals surface area contributed by atoms with Gasteiger partial charge in [0.25, 0.3) is 0 Å². The first kappa shape index (κ1) is 19.8. The number of nitrogens with zero attached hydrogens (tertiary/aromatic N) is 2. The molecule has 1 unspecified atom stereocenters. The summed E-state index contributed by atoms with van der Waals surface area (Å²) in [5, 5.41) is 11.0. The van der Waals surface area contributed by atoms with E-state index in [1.165, 1.54) is 12.3 Å². The van der Waals surface area contributed by atoms with Gasteiger partial charge >= 0.3 is 6.18 Å². The van der Waals surface area contributed by atoms with Crippen LogP contribution in [0.1, 0.15) is 44.7 Å². The largest absolute Gasteiger partial charge is 0.416 e. The molecule has 0 aromatic heterocycles. The van der Waals surface area contributed by atoms with Crippen molar-refractivity contribution in [2.24, 2.45) is 15.6 Å². The van der Waals surface area contributed by atoms with Crippen molar-refractivity contribution >= 4 is 5.78 Å². The third kappa shape index (κ3) is 2.75. The fourth-order valence-electron chi connectivity index (χ4n) is 4.77. The monoisotopic (exact) mass is 407 g/mol. The molecule has 1 N–H and O–H groups in total. The summed E-state index contributed by atoms with van der Waals surface area (Å²) in [7, 11) is 0. The van der Waals surface area contributed by atoms with Gasteiger partial charge in [-0.3, -0.25) is 4.79 Å². The Morgan fingerprint density at radius 3 is 2.66 bits per heavy atom. The second-order valence-electron chi connectivity index (χ2n) is 8.44. The van der Waals surface area contributed by atoms with E-state index in [2.05, 4.69) is 15.5 Å². The number of azo groups is 1. The first-order chi connectivity index (χ1) is 13.5. The molecule has 0 saturated heterocycles. The second-order valence-corrected chi connectivity index (χ2v) is 8.44. The highest BCUT2D eigenvalue weighted by Gasteiger charge is 2.56. The Balaban J connectivity index is 2.02. The maximum absolute atomic E-state index is 15.4. The van der Waals surface area contributed by atoms with E-state index >= 15 is 4.39 Å². The molecule has 0 fully saturated rings. The zero-order chi connectivity index (χ0) is 21.2. The lowest BCUT2D eigenvalue weighted by atomic mass is 9.58. The van der Waals surface area contributed by atoms with Gasteiger partial charge in [-0.05, 0) is 18.1 Å². The highest BCUT2D eigenvalue weighted by atomic mass is 19.4. The van der Waals surface area contributed by atoms with Crippen LogP contribution >= 0.6 is 0 Å². The molecule has 3 atom stereocenters. The summed E-state index contributed by atoms with van der Waals surface area (Å²) < 4.78 is 55.7. The van der Waals surface area contributed by atoms with Crippen LogP contribution < -0.4 is 5.32 Å². The van der Waals surface area contributed by atoms with E-state index in [9.17, 15) is 18.0 Å². The average Bonchev–Trinajstić information content (AvgIpc) is 3.12. The lowest BCUT2D eigenvalue weighted by Gasteiger charge is -2.49. The third-order valence-corrected chi connectivity index (χ3v) is 6.20. The number of nitrogens with one attached hydrogen (secondary N) is 1. The lowest BCUT2D eigenvalue weighted by molar-refractivity contribution is -0.137. The van der Waals surface area contributed by atoms with Crippen molar-refractivity contribution in [1.29, 1.82) is 0 Å². The lowest BCUT2D eigenvalue weighted by Crippen LogP contribution is -2.55. The van der Waals surface area contributed by atoms with Crippen molar-refractivity contribution in [3.63, 3.8) is 0 Å². The minimum Gasteiger partial charge on any atom is -0.359 e. The van der Waals surface area contributed by atoms with E-state index in [4.69, 9.17) is 0 Å². The summed E-state index contributed by atoms with van der Waals surface area (Å²) >= 11 is 0. The quantitative estimate of drug-likeness (QED) is 0.683. The molecule has 4 nitrogen and oxygen atoms in total. The molecule has 2 aliphatic heterocycles. The van der Waals surface area contributed by atoms with E-state index in [1.807, 2.05) is 0 Å². The standard InChI is InChI=1S/C21H21F4N3O/c1-4-20(11-6-5-7-12(8-11)21(23,24)25)13-10-26-28-18(13)27-16-15(20)14(29)9-19(2,3)17(16)22/h5-8,10,17-18,27H,4,9H2,1-3H3/t17-,18?,20-/m1/s1. The van der Waals surface area contributed by atoms with Crippen LogP contribution in [0.3, 0.4) is 0 Å². The second kappa shape index (κ2) is 6.24. The Kier molecular flexibility index (Phi) is 4.26. The van der Waals surface area contributed by atoms with Crippen LogP contribution in [0.25, 0.3) is 0 Å². The number of rotatable bonds is 2. The number of allylic oxidation sites excluding steroid dienone is 2. The molecule has 4 rings (SSSR count). The van der Waals surface area contributed by atoms with Gasteiger partial charge in [-0.2, -0.15) is 23.4 Å². The first-order valence-corrected chi connectivity index (χ1v) is 9.49. The highest BCUT2D eigenvalue weighted by molar-refractivity contribution is 6.01. The van der Waals surface area contributed by atoms with Gasteiger partial charge < -0.3 is 5.32 Å². The molecular formula is C21H21F4N3O. The number of halogens is 4. The van der Waals surface area contributed by atoms with Gasteiger partial charge in [0.1, 0.15) is 6.17 Å². The predicted molar refractivity (Wildman–Crippen MR) is 98.6 cm³/mol. The van der Waals surface area contributed by atoms with Gasteiger partial charge in [-0.15, -0.1) is 0 Å². The number of carbonyl (C=O) groups is 1. The van der Waals surface area contributed by atoms with Crippen LogP contribution in [0.2, 0.25) is 0 Å². The molecule has 3 aliphatic rings. The Morgan fingerprint density at radius 2 is 2.00 bits per heavy atom. The number of benzene rings is 1. The van der Waals surface area contributed by atoms with E-state index in [-0.39, 0.29) is 29.9 Å². The first-order valence-electron chi connectivity index (χ1n) is 9.49. The minimum absolute atomic E-state index is 0.0262. The Bertz CT molecular complexity index is 976. The smallest absolute Gasteiger partial charge is 0.359 e. The van der Waals surface area contributed by atoms with E-state index in [0.717, 1.165) is 12.1 Å². The maximum atomic E-state index is 15.4. The van der Waals surface area contributed by atoms with Crippen molar-refractivity contribution in [2.45, 2.75) is 57.5 Å². The number of fused-ring (bicyclic) bond motifs is 1. The molecule has 0 bridgehead atoms. The molecular weight excluding hydrogens is 386 g/mol. The summed E-state index contributed by atoms with van der Waals surface area (Å²) in [6.45, 7) is 5.12. The molecule has 2 heterocycles. The number of hydrogen-bond acceptors (Lipinski definition) is 4. The van der Waals surface area contributed by atoms with Crippen LogP contribution in [0.4, 0.5) is 17.6 Å². The molecule has 0 radical (unpaired) electrons. The van der Waals surface area contributed by atoms with Crippen molar-refractivity contribution in [1.82, 2.24) is 5.32 Å². The number of Topliss-reactive ketones (excluding diaryl/α,β-unsaturated/α-hetero) is 1. The SMILES string of the molecule is CC[C@@]1(c2cccc(C(F)(F)F)c2)C2=CN=NC2NC2=C1C(=O)CC(C)(C)[C@@H]2F. The number of hydrogen-bond donors (Lipinski definition) is 1. The summed E-state index contributed by atoms with van der Waals surface area (Å²) in [6.07, 6.45) is -4.98. The molecule has 1 aliphatic carbocycles. The normalized spacial score (nSPS) is 30.6. The molecule has 0 saturated carbocycles. The Morgan fingerprint density at radius 1 is 1.28 bits per heavy atom. The molecule has 1 aromatic carbocycles. The molecule has 8 heteroatoms. The van der Waals surface area contributed by atoms with Gasteiger partial charge in [0, 0.05) is 23.0 Å². The zero-order valence-electron chi connectivity index (χ0n) is 16.3. The molecule has 154 valence electrons. The Hall–Kier alpha value is -2.51. The van der Waals surface area contributed by atoms with Gasteiger partial charge in [-0.25, -0.2) is 4.39 Å². The number of alkyl halides is 4. The maximum Gasteiger partial charge on any atom is 0.416 e. The zero-order valence-corrected chi connectivity index (χ0v) is 16.3. The molecule has 29 heavy (non-hydrogen) atoms. The van der Waals surface area contributed by atoms with Gasteiger partial charge in [-0.1, -0.05) is 39.0 Å². The van der Waals surface area contributed by atoms with Crippen molar-refractivity contribution in [3.8, 4) is 0 Å². The van der Waals surface area contributed by atoms with Crippen molar-refractivity contribution in [3.05, 3.63) is 58.4 Å². The summed E-state index contributed by atoms with van der Waals surface area (Å²) in [6, 6.07) is 4.92. The fourth-order valence-corrected chi connectivity index (χ4v) is 4.77. The summed E-state index contributed by atoms with van der Waals surface area (Å²) in [5.41, 5.74) is -1.77. The topological polar surface area (TPSA) is 53.8 Å². The van der Waals surface area contributed by atoms with Crippen LogP contribution in [0.15, 0.2) is 57.5 Å². The average molecular weight is 407 g/mol. The molecule has 0 spiro atoms. The molecule has 1 aromatic rings. The van der Waals surface area contributed by atoms with Crippen LogP contribution in [0.5, 0.6) is 0 Å². The van der Waals surface area contributed by atoms with Crippen molar-refractivity contribution < 1.29 is 22.4 Å². The van der Waals surface area contributed by atoms with Gasteiger partial charge in [0.15, 0.2) is 11.9 Å². The van der Waals surface area contributed by atoms with Gasteiger partial charge in [0.05, 0.1) is 22.9 Å².